The normalized spacial score (nSPS) is 12.6. The van der Waals surface area contributed by atoms with Crippen molar-refractivity contribution in [1.82, 2.24) is 9.38 Å². The number of carbonyl (C=O) groups excluding carboxylic acids is 1. The van der Waals surface area contributed by atoms with E-state index in [0.717, 1.165) is 11.3 Å². The molecule has 0 bridgehead atoms. The zero-order valence-electron chi connectivity index (χ0n) is 22.8. The van der Waals surface area contributed by atoms with E-state index in [1.807, 2.05) is 42.8 Å². The molecule has 0 spiro atoms. The van der Waals surface area contributed by atoms with Crippen LogP contribution in [-0.2, 0) is 4.74 Å². The summed E-state index contributed by atoms with van der Waals surface area (Å²) in [6.07, 6.45) is 3.75. The first-order chi connectivity index (χ1) is 18.4. The van der Waals surface area contributed by atoms with Crippen molar-refractivity contribution in [3.8, 4) is 11.3 Å². The van der Waals surface area contributed by atoms with Crippen LogP contribution in [0.4, 0.5) is 10.1 Å². The van der Waals surface area contributed by atoms with E-state index in [0.29, 0.717) is 33.7 Å². The highest BCUT2D eigenvalue weighted by Crippen LogP contribution is 2.33. The lowest BCUT2D eigenvalue weighted by atomic mass is 10.0. The minimum Gasteiger partial charge on any atom is -0.456 e. The number of nitrogens with one attached hydrogen (secondary N) is 1. The van der Waals surface area contributed by atoms with Crippen LogP contribution in [0.25, 0.3) is 27.9 Å². The SMILES string of the molecule is Cc1cn2cc(-c3oc4c(C(C)Nc5ccccc5C(=O)OC(C)(C)C)cc(F)cc4c(=O)c3C)ccc2n1. The number of carbonyl (C=O) groups is 1. The molecule has 0 aliphatic carbocycles. The van der Waals surface area contributed by atoms with Crippen molar-refractivity contribution in [3.63, 3.8) is 0 Å². The van der Waals surface area contributed by atoms with Gasteiger partial charge in [0, 0.05) is 34.8 Å². The largest absolute Gasteiger partial charge is 0.456 e. The number of rotatable bonds is 5. The lowest BCUT2D eigenvalue weighted by Crippen LogP contribution is -2.24. The van der Waals surface area contributed by atoms with E-state index < -0.39 is 23.4 Å². The van der Waals surface area contributed by atoms with Gasteiger partial charge in [0.05, 0.1) is 22.7 Å². The van der Waals surface area contributed by atoms with E-state index >= 15 is 0 Å². The Morgan fingerprint density at radius 3 is 2.59 bits per heavy atom. The molecule has 0 aliphatic rings. The molecule has 2 aromatic carbocycles. The number of hydrogen-bond acceptors (Lipinski definition) is 6. The number of benzene rings is 2. The second-order valence-electron chi connectivity index (χ2n) is 10.7. The van der Waals surface area contributed by atoms with Crippen molar-refractivity contribution in [2.45, 2.75) is 53.2 Å². The van der Waals surface area contributed by atoms with Gasteiger partial charge in [0.2, 0.25) is 0 Å². The molecule has 3 aromatic heterocycles. The van der Waals surface area contributed by atoms with Gasteiger partial charge in [-0.1, -0.05) is 12.1 Å². The van der Waals surface area contributed by atoms with Gasteiger partial charge in [-0.15, -0.1) is 0 Å². The quantitative estimate of drug-likeness (QED) is 0.248. The predicted molar refractivity (Wildman–Crippen MR) is 150 cm³/mol. The van der Waals surface area contributed by atoms with Crippen LogP contribution < -0.4 is 10.7 Å². The van der Waals surface area contributed by atoms with Crippen LogP contribution in [0.3, 0.4) is 0 Å². The number of ether oxygens (including phenoxy) is 1. The van der Waals surface area contributed by atoms with Gasteiger partial charge in [0.25, 0.3) is 0 Å². The maximum atomic E-state index is 14.8. The summed E-state index contributed by atoms with van der Waals surface area (Å²) in [6.45, 7) is 10.8. The van der Waals surface area contributed by atoms with E-state index in [9.17, 15) is 14.0 Å². The lowest BCUT2D eigenvalue weighted by molar-refractivity contribution is 0.00706. The summed E-state index contributed by atoms with van der Waals surface area (Å²) in [5.74, 6) is -0.632. The Hall–Kier alpha value is -4.46. The molecule has 39 heavy (non-hydrogen) atoms. The maximum Gasteiger partial charge on any atom is 0.340 e. The third kappa shape index (κ3) is 5.14. The number of imidazole rings is 1. The lowest BCUT2D eigenvalue weighted by Gasteiger charge is -2.22. The van der Waals surface area contributed by atoms with Crippen LogP contribution in [-0.4, -0.2) is 21.0 Å². The fraction of sp³-hybridized carbons (Fsp3) is 0.258. The molecule has 1 N–H and O–H groups in total. The minimum absolute atomic E-state index is 0.153. The first-order valence-electron chi connectivity index (χ1n) is 12.7. The molecule has 1 atom stereocenters. The first-order valence-corrected chi connectivity index (χ1v) is 12.7. The number of aryl methyl sites for hydroxylation is 1. The van der Waals surface area contributed by atoms with Crippen LogP contribution in [0.2, 0.25) is 0 Å². The third-order valence-electron chi connectivity index (χ3n) is 6.43. The Kier molecular flexibility index (Phi) is 6.50. The topological polar surface area (TPSA) is 85.8 Å². The van der Waals surface area contributed by atoms with E-state index in [2.05, 4.69) is 10.3 Å². The summed E-state index contributed by atoms with van der Waals surface area (Å²) in [5, 5.41) is 3.44. The molecule has 7 nitrogen and oxygen atoms in total. The molecule has 0 saturated carbocycles. The van der Waals surface area contributed by atoms with Gasteiger partial charge in [0.1, 0.15) is 28.4 Å². The number of anilines is 1. The molecule has 5 rings (SSSR count). The number of hydrogen-bond donors (Lipinski definition) is 1. The minimum atomic E-state index is -0.662. The van der Waals surface area contributed by atoms with Crippen molar-refractivity contribution < 1.29 is 18.3 Å². The van der Waals surface area contributed by atoms with Gasteiger partial charge in [-0.2, -0.15) is 0 Å². The number of para-hydroxylation sites is 1. The standard InChI is InChI=1S/C31H30FN3O4/c1-17-15-35-16-20(11-12-26(35)33-17)28-18(2)27(36)24-14-21(32)13-23(29(24)38-28)19(3)34-25-10-8-7-9-22(25)30(37)39-31(4,5)6/h7-16,19,34H,1-6H3. The molecule has 5 aromatic rings. The molecule has 0 fully saturated rings. The van der Waals surface area contributed by atoms with Crippen LogP contribution in [0.5, 0.6) is 0 Å². The van der Waals surface area contributed by atoms with Crippen LogP contribution in [0.1, 0.15) is 60.9 Å². The zero-order chi connectivity index (χ0) is 28.1. The van der Waals surface area contributed by atoms with E-state index in [4.69, 9.17) is 9.15 Å². The highest BCUT2D eigenvalue weighted by molar-refractivity contribution is 5.96. The zero-order valence-corrected chi connectivity index (χ0v) is 22.8. The fourth-order valence-electron chi connectivity index (χ4n) is 4.66. The highest BCUT2D eigenvalue weighted by Gasteiger charge is 2.23. The van der Waals surface area contributed by atoms with Gasteiger partial charge in [0.15, 0.2) is 5.43 Å². The average molecular weight is 528 g/mol. The van der Waals surface area contributed by atoms with Crippen LogP contribution in [0, 0.1) is 19.7 Å². The molecule has 200 valence electrons. The fourth-order valence-corrected chi connectivity index (χ4v) is 4.66. The van der Waals surface area contributed by atoms with Crippen molar-refractivity contribution >= 4 is 28.3 Å². The van der Waals surface area contributed by atoms with Gasteiger partial charge in [-0.3, -0.25) is 4.79 Å². The summed E-state index contributed by atoms with van der Waals surface area (Å²) in [5.41, 5.74) is 3.35. The number of aromatic nitrogens is 2. The molecule has 0 amide bonds. The first kappa shape index (κ1) is 26.2. The van der Waals surface area contributed by atoms with Gasteiger partial charge in [-0.25, -0.2) is 14.2 Å². The van der Waals surface area contributed by atoms with Crippen LogP contribution >= 0.6 is 0 Å². The van der Waals surface area contributed by atoms with E-state index in [1.165, 1.54) is 12.1 Å². The van der Waals surface area contributed by atoms with Gasteiger partial charge in [-0.05, 0) is 77.9 Å². The molecular weight excluding hydrogens is 497 g/mol. The summed E-state index contributed by atoms with van der Waals surface area (Å²) in [6, 6.07) is 12.7. The molecule has 0 radical (unpaired) electrons. The Morgan fingerprint density at radius 1 is 1.10 bits per heavy atom. The highest BCUT2D eigenvalue weighted by atomic mass is 19.1. The number of nitrogens with zero attached hydrogens (tertiary/aromatic N) is 2. The maximum absolute atomic E-state index is 14.8. The average Bonchev–Trinajstić information content (AvgIpc) is 3.24. The van der Waals surface area contributed by atoms with E-state index in [1.54, 1.807) is 52.0 Å². The monoisotopic (exact) mass is 527 g/mol. The molecule has 0 saturated heterocycles. The van der Waals surface area contributed by atoms with Crippen molar-refractivity contribution in [1.29, 1.82) is 0 Å². The Balaban J connectivity index is 1.61. The number of fused-ring (bicyclic) bond motifs is 2. The molecule has 1 unspecified atom stereocenters. The molecular formula is C31H30FN3O4. The third-order valence-corrected chi connectivity index (χ3v) is 6.43. The van der Waals surface area contributed by atoms with E-state index in [-0.39, 0.29) is 16.4 Å². The number of halogens is 1. The summed E-state index contributed by atoms with van der Waals surface area (Å²) in [4.78, 5) is 30.7. The summed E-state index contributed by atoms with van der Waals surface area (Å²) in [7, 11) is 0. The van der Waals surface area contributed by atoms with Crippen LogP contribution in [0.15, 0.2) is 70.1 Å². The predicted octanol–water partition coefficient (Wildman–Crippen LogP) is 6.99. The number of esters is 1. The van der Waals surface area contributed by atoms with Crippen molar-refractivity contribution in [3.05, 3.63) is 99.3 Å². The van der Waals surface area contributed by atoms with Crippen molar-refractivity contribution in [2.24, 2.45) is 0 Å². The summed E-state index contributed by atoms with van der Waals surface area (Å²) >= 11 is 0. The van der Waals surface area contributed by atoms with Gasteiger partial charge >= 0.3 is 5.97 Å². The molecule has 3 heterocycles. The summed E-state index contributed by atoms with van der Waals surface area (Å²) < 4.78 is 28.6. The Bertz CT molecular complexity index is 1800. The second kappa shape index (κ2) is 9.69. The molecule has 0 aliphatic heterocycles. The van der Waals surface area contributed by atoms with Crippen molar-refractivity contribution in [2.75, 3.05) is 5.32 Å². The Morgan fingerprint density at radius 2 is 1.85 bits per heavy atom. The molecule has 8 heteroatoms. The second-order valence-corrected chi connectivity index (χ2v) is 10.7. The Labute approximate surface area is 225 Å². The number of pyridine rings is 1. The van der Waals surface area contributed by atoms with Gasteiger partial charge < -0.3 is 18.9 Å². The smallest absolute Gasteiger partial charge is 0.340 e.